The number of nitrogens with zero attached hydrogens (tertiary/aromatic N) is 2. The molecule has 6 heteroatoms. The Kier molecular flexibility index (Phi) is 3.56. The number of nitro groups is 1. The third kappa shape index (κ3) is 2.16. The molecule has 0 aliphatic carbocycles. The van der Waals surface area contributed by atoms with Crippen molar-refractivity contribution in [2.45, 2.75) is 13.8 Å². The molecule has 1 aromatic carbocycles. The Morgan fingerprint density at radius 3 is 2.50 bits per heavy atom. The molecule has 20 heavy (non-hydrogen) atoms. The summed E-state index contributed by atoms with van der Waals surface area (Å²) in [7, 11) is 1.45. The molecule has 0 aliphatic heterocycles. The lowest BCUT2D eigenvalue weighted by molar-refractivity contribution is -0.384. The van der Waals surface area contributed by atoms with Gasteiger partial charge < -0.3 is 9.30 Å². The molecule has 0 N–H and O–H groups in total. The lowest BCUT2D eigenvalue weighted by Gasteiger charge is -2.11. The lowest BCUT2D eigenvalue weighted by atomic mass is 10.2. The van der Waals surface area contributed by atoms with Crippen LogP contribution in [0.25, 0.3) is 5.69 Å². The van der Waals surface area contributed by atoms with E-state index in [9.17, 15) is 14.9 Å². The molecule has 2 aromatic rings. The van der Waals surface area contributed by atoms with Crippen LogP contribution in [0.1, 0.15) is 21.7 Å². The summed E-state index contributed by atoms with van der Waals surface area (Å²) in [4.78, 5) is 21.7. The first-order valence-corrected chi connectivity index (χ1v) is 5.96. The van der Waals surface area contributed by atoms with Crippen LogP contribution < -0.4 is 4.74 Å². The average molecular weight is 274 g/mol. The van der Waals surface area contributed by atoms with Gasteiger partial charge in [0.05, 0.1) is 18.1 Å². The summed E-state index contributed by atoms with van der Waals surface area (Å²) in [5.74, 6) is 0.415. The van der Waals surface area contributed by atoms with Gasteiger partial charge in [0.15, 0.2) is 6.29 Å². The molecule has 0 saturated carbocycles. The number of hydrogen-bond donors (Lipinski definition) is 0. The molecular weight excluding hydrogens is 260 g/mol. The van der Waals surface area contributed by atoms with Crippen molar-refractivity contribution in [2.75, 3.05) is 7.11 Å². The van der Waals surface area contributed by atoms with Gasteiger partial charge in [-0.15, -0.1) is 0 Å². The molecule has 104 valence electrons. The monoisotopic (exact) mass is 274 g/mol. The molecule has 0 bridgehead atoms. The second-order valence-electron chi connectivity index (χ2n) is 4.39. The zero-order valence-corrected chi connectivity index (χ0v) is 11.4. The van der Waals surface area contributed by atoms with Crippen LogP contribution in [0.5, 0.6) is 5.75 Å². The molecule has 0 spiro atoms. The van der Waals surface area contributed by atoms with Crippen molar-refractivity contribution in [3.63, 3.8) is 0 Å². The maximum absolute atomic E-state index is 11.2. The fourth-order valence-corrected chi connectivity index (χ4v) is 2.24. The summed E-state index contributed by atoms with van der Waals surface area (Å²) in [5.41, 5.74) is 2.30. The Bertz CT molecular complexity index is 689. The van der Waals surface area contributed by atoms with Crippen molar-refractivity contribution in [1.82, 2.24) is 4.57 Å². The summed E-state index contributed by atoms with van der Waals surface area (Å²) in [5, 5.41) is 11.2. The van der Waals surface area contributed by atoms with Gasteiger partial charge in [-0.05, 0) is 32.0 Å². The van der Waals surface area contributed by atoms with E-state index in [4.69, 9.17) is 4.74 Å². The number of hydrogen-bond acceptors (Lipinski definition) is 4. The summed E-state index contributed by atoms with van der Waals surface area (Å²) >= 11 is 0. The maximum Gasteiger partial charge on any atom is 0.296 e. The van der Waals surface area contributed by atoms with E-state index in [0.29, 0.717) is 22.7 Å². The Morgan fingerprint density at radius 2 is 2.00 bits per heavy atom. The summed E-state index contributed by atoms with van der Waals surface area (Å²) in [6.07, 6.45) is 0.744. The first-order chi connectivity index (χ1) is 9.49. The van der Waals surface area contributed by atoms with Crippen LogP contribution in [0.15, 0.2) is 24.3 Å². The van der Waals surface area contributed by atoms with Gasteiger partial charge in [0.2, 0.25) is 0 Å². The summed E-state index contributed by atoms with van der Waals surface area (Å²) in [6, 6.07) is 6.35. The highest BCUT2D eigenvalue weighted by Gasteiger charge is 2.20. The number of aromatic nitrogens is 1. The van der Waals surface area contributed by atoms with E-state index in [-0.39, 0.29) is 5.69 Å². The highest BCUT2D eigenvalue weighted by atomic mass is 16.6. The summed E-state index contributed by atoms with van der Waals surface area (Å²) in [6.45, 7) is 3.55. The number of benzene rings is 1. The largest absolute Gasteiger partial charge is 0.496 e. The number of rotatable bonds is 4. The maximum atomic E-state index is 11.2. The Balaban J connectivity index is 2.72. The van der Waals surface area contributed by atoms with E-state index in [0.717, 1.165) is 12.0 Å². The molecular formula is C14H14N2O4. The second-order valence-corrected chi connectivity index (χ2v) is 4.39. The highest BCUT2D eigenvalue weighted by Crippen LogP contribution is 2.30. The van der Waals surface area contributed by atoms with E-state index in [1.165, 1.54) is 13.2 Å². The van der Waals surface area contributed by atoms with Crippen LogP contribution in [-0.4, -0.2) is 22.9 Å². The molecule has 1 aromatic heterocycles. The van der Waals surface area contributed by atoms with Crippen LogP contribution in [0.4, 0.5) is 5.69 Å². The molecule has 1 heterocycles. The first kappa shape index (κ1) is 13.8. The number of ether oxygens (including phenoxy) is 1. The summed E-state index contributed by atoms with van der Waals surface area (Å²) < 4.78 is 6.71. The standard InChI is InChI=1S/C14H14N2O4/c1-9-6-11(8-17)10(2)15(9)13-5-4-12(20-3)7-14(13)16(18)19/h4-8H,1-3H3. The predicted octanol–water partition coefficient (Wildman–Crippen LogP) is 2.82. The van der Waals surface area contributed by atoms with Crippen LogP contribution in [0.2, 0.25) is 0 Å². The minimum atomic E-state index is -0.461. The van der Waals surface area contributed by atoms with Crippen molar-refractivity contribution in [2.24, 2.45) is 0 Å². The van der Waals surface area contributed by atoms with Crippen molar-refractivity contribution in [3.05, 3.63) is 51.3 Å². The minimum absolute atomic E-state index is 0.0661. The number of nitro benzene ring substituents is 1. The van der Waals surface area contributed by atoms with Gasteiger partial charge in [-0.25, -0.2) is 0 Å². The zero-order valence-electron chi connectivity index (χ0n) is 11.4. The average Bonchev–Trinajstić information content (AvgIpc) is 2.72. The number of carbonyl (C=O) groups is 1. The van der Waals surface area contributed by atoms with Gasteiger partial charge in [0.25, 0.3) is 5.69 Å². The molecule has 0 radical (unpaired) electrons. The van der Waals surface area contributed by atoms with E-state index in [1.807, 2.05) is 0 Å². The lowest BCUT2D eigenvalue weighted by Crippen LogP contribution is -2.04. The molecule has 2 rings (SSSR count). The van der Waals surface area contributed by atoms with Crippen LogP contribution in [0, 0.1) is 24.0 Å². The second kappa shape index (κ2) is 5.16. The Labute approximate surface area is 115 Å². The van der Waals surface area contributed by atoms with Gasteiger partial charge >= 0.3 is 0 Å². The van der Waals surface area contributed by atoms with Gasteiger partial charge in [-0.2, -0.15) is 0 Å². The van der Waals surface area contributed by atoms with E-state index >= 15 is 0 Å². The van der Waals surface area contributed by atoms with Crippen molar-refractivity contribution < 1.29 is 14.5 Å². The Morgan fingerprint density at radius 1 is 1.30 bits per heavy atom. The molecule has 0 fully saturated rings. The van der Waals surface area contributed by atoms with Gasteiger partial charge in [0.1, 0.15) is 11.4 Å². The van der Waals surface area contributed by atoms with Gasteiger partial charge in [0, 0.05) is 17.0 Å². The SMILES string of the molecule is COc1ccc(-n2c(C)cc(C=O)c2C)c([N+](=O)[O-])c1. The van der Waals surface area contributed by atoms with E-state index in [1.54, 1.807) is 36.6 Å². The highest BCUT2D eigenvalue weighted by molar-refractivity contribution is 5.78. The van der Waals surface area contributed by atoms with Crippen LogP contribution in [-0.2, 0) is 0 Å². The molecule has 0 aliphatic rings. The number of aryl methyl sites for hydroxylation is 1. The fraction of sp³-hybridized carbons (Fsp3) is 0.214. The topological polar surface area (TPSA) is 74.4 Å². The van der Waals surface area contributed by atoms with E-state index in [2.05, 4.69) is 0 Å². The fourth-order valence-electron chi connectivity index (χ4n) is 2.24. The number of aldehydes is 1. The zero-order chi connectivity index (χ0) is 14.9. The molecule has 0 amide bonds. The normalized spacial score (nSPS) is 10.3. The van der Waals surface area contributed by atoms with Crippen molar-refractivity contribution in [1.29, 1.82) is 0 Å². The Hall–Kier alpha value is -2.63. The molecule has 6 nitrogen and oxygen atoms in total. The molecule has 0 saturated heterocycles. The quantitative estimate of drug-likeness (QED) is 0.488. The van der Waals surface area contributed by atoms with Gasteiger partial charge in [-0.1, -0.05) is 0 Å². The smallest absolute Gasteiger partial charge is 0.296 e. The predicted molar refractivity (Wildman–Crippen MR) is 73.8 cm³/mol. The van der Waals surface area contributed by atoms with Gasteiger partial charge in [-0.3, -0.25) is 14.9 Å². The third-order valence-corrected chi connectivity index (χ3v) is 3.22. The minimum Gasteiger partial charge on any atom is -0.496 e. The van der Waals surface area contributed by atoms with Crippen molar-refractivity contribution in [3.8, 4) is 11.4 Å². The number of methoxy groups -OCH3 is 1. The van der Waals surface area contributed by atoms with Crippen LogP contribution >= 0.6 is 0 Å². The van der Waals surface area contributed by atoms with E-state index < -0.39 is 4.92 Å². The number of carbonyl (C=O) groups excluding carboxylic acids is 1. The van der Waals surface area contributed by atoms with Crippen LogP contribution in [0.3, 0.4) is 0 Å². The molecule has 0 unspecified atom stereocenters. The van der Waals surface area contributed by atoms with Crippen molar-refractivity contribution >= 4 is 12.0 Å². The molecule has 0 atom stereocenters. The first-order valence-electron chi connectivity index (χ1n) is 5.96. The third-order valence-electron chi connectivity index (χ3n) is 3.22.